The van der Waals surface area contributed by atoms with Crippen molar-refractivity contribution in [2.45, 2.75) is 6.42 Å². The number of hydrogen-bond acceptors (Lipinski definition) is 5. The van der Waals surface area contributed by atoms with E-state index in [1.54, 1.807) is 12.3 Å². The number of anilines is 1. The van der Waals surface area contributed by atoms with Crippen LogP contribution in [0.2, 0.25) is 0 Å². The Bertz CT molecular complexity index is 556. The minimum absolute atomic E-state index is 0.0275. The van der Waals surface area contributed by atoms with E-state index in [0.29, 0.717) is 12.1 Å². The van der Waals surface area contributed by atoms with Crippen LogP contribution >= 0.6 is 0 Å². The van der Waals surface area contributed by atoms with Gasteiger partial charge in [-0.3, -0.25) is 4.79 Å². The number of rotatable bonds is 2. The van der Waals surface area contributed by atoms with Crippen molar-refractivity contribution in [3.8, 4) is 0 Å². The van der Waals surface area contributed by atoms with Gasteiger partial charge in [0.1, 0.15) is 6.26 Å². The van der Waals surface area contributed by atoms with Crippen LogP contribution in [0.1, 0.15) is 16.8 Å². The summed E-state index contributed by atoms with van der Waals surface area (Å²) in [6, 6.07) is 5.52. The SMILES string of the molecule is O=C(c1ccoc1)N1CCCN(c2cccnn2)CC1. The molecule has 0 aliphatic carbocycles. The first-order valence-corrected chi connectivity index (χ1v) is 6.69. The molecule has 0 saturated carbocycles. The summed E-state index contributed by atoms with van der Waals surface area (Å²) in [6.45, 7) is 3.08. The third kappa shape index (κ3) is 2.64. The Balaban J connectivity index is 1.67. The first kappa shape index (κ1) is 12.7. The molecule has 6 heteroatoms. The van der Waals surface area contributed by atoms with Crippen LogP contribution in [0.5, 0.6) is 0 Å². The van der Waals surface area contributed by atoms with Crippen molar-refractivity contribution in [2.75, 3.05) is 31.1 Å². The second-order valence-electron chi connectivity index (χ2n) is 4.73. The summed E-state index contributed by atoms with van der Waals surface area (Å²) in [5.41, 5.74) is 0.609. The normalized spacial score (nSPS) is 16.0. The van der Waals surface area contributed by atoms with Gasteiger partial charge in [0.2, 0.25) is 0 Å². The molecule has 2 aromatic rings. The van der Waals surface area contributed by atoms with E-state index in [0.717, 1.165) is 31.9 Å². The number of nitrogens with zero attached hydrogens (tertiary/aromatic N) is 4. The molecule has 1 amide bonds. The fraction of sp³-hybridized carbons (Fsp3) is 0.357. The quantitative estimate of drug-likeness (QED) is 0.827. The molecular weight excluding hydrogens is 256 g/mol. The monoisotopic (exact) mass is 272 g/mol. The van der Waals surface area contributed by atoms with Crippen molar-refractivity contribution in [2.24, 2.45) is 0 Å². The highest BCUT2D eigenvalue weighted by Crippen LogP contribution is 2.14. The molecular formula is C14H16N4O2. The number of carbonyl (C=O) groups excluding carboxylic acids is 1. The Kier molecular flexibility index (Phi) is 3.62. The minimum Gasteiger partial charge on any atom is -0.472 e. The van der Waals surface area contributed by atoms with Gasteiger partial charge in [-0.1, -0.05) is 0 Å². The van der Waals surface area contributed by atoms with Crippen molar-refractivity contribution < 1.29 is 9.21 Å². The number of furan rings is 1. The maximum Gasteiger partial charge on any atom is 0.257 e. The topological polar surface area (TPSA) is 62.5 Å². The van der Waals surface area contributed by atoms with Gasteiger partial charge >= 0.3 is 0 Å². The molecule has 1 saturated heterocycles. The van der Waals surface area contributed by atoms with Gasteiger partial charge in [0.15, 0.2) is 5.82 Å². The van der Waals surface area contributed by atoms with Gasteiger partial charge in [0, 0.05) is 32.4 Å². The number of aromatic nitrogens is 2. The molecule has 1 aliphatic heterocycles. The number of amides is 1. The zero-order valence-electron chi connectivity index (χ0n) is 11.1. The van der Waals surface area contributed by atoms with Gasteiger partial charge in [-0.25, -0.2) is 0 Å². The van der Waals surface area contributed by atoms with Gasteiger partial charge in [-0.05, 0) is 24.6 Å². The first-order chi connectivity index (χ1) is 9.84. The van der Waals surface area contributed by atoms with E-state index in [-0.39, 0.29) is 5.91 Å². The maximum absolute atomic E-state index is 12.3. The summed E-state index contributed by atoms with van der Waals surface area (Å²) in [7, 11) is 0. The van der Waals surface area contributed by atoms with E-state index in [9.17, 15) is 4.79 Å². The van der Waals surface area contributed by atoms with E-state index >= 15 is 0 Å². The van der Waals surface area contributed by atoms with Crippen molar-refractivity contribution in [3.05, 3.63) is 42.5 Å². The summed E-state index contributed by atoms with van der Waals surface area (Å²) in [6.07, 6.45) is 5.60. The molecule has 6 nitrogen and oxygen atoms in total. The molecule has 0 spiro atoms. The van der Waals surface area contributed by atoms with Crippen LogP contribution in [0.3, 0.4) is 0 Å². The molecule has 0 N–H and O–H groups in total. The zero-order chi connectivity index (χ0) is 13.8. The molecule has 0 unspecified atom stereocenters. The van der Waals surface area contributed by atoms with E-state index in [1.165, 1.54) is 12.5 Å². The molecule has 0 radical (unpaired) electrons. The van der Waals surface area contributed by atoms with Crippen LogP contribution in [-0.2, 0) is 0 Å². The summed E-state index contributed by atoms with van der Waals surface area (Å²) >= 11 is 0. The molecule has 3 heterocycles. The minimum atomic E-state index is 0.0275. The lowest BCUT2D eigenvalue weighted by Crippen LogP contribution is -2.35. The summed E-state index contributed by atoms with van der Waals surface area (Å²) in [5, 5.41) is 8.02. The van der Waals surface area contributed by atoms with Crippen molar-refractivity contribution in [3.63, 3.8) is 0 Å². The van der Waals surface area contributed by atoms with Crippen LogP contribution in [0, 0.1) is 0 Å². The Morgan fingerprint density at radius 2 is 2.15 bits per heavy atom. The third-order valence-electron chi connectivity index (χ3n) is 3.43. The summed E-state index contributed by atoms with van der Waals surface area (Å²) in [5.74, 6) is 0.893. The second-order valence-corrected chi connectivity index (χ2v) is 4.73. The lowest BCUT2D eigenvalue weighted by Gasteiger charge is -2.22. The molecule has 0 bridgehead atoms. The lowest BCUT2D eigenvalue weighted by molar-refractivity contribution is 0.0766. The molecule has 0 atom stereocenters. The molecule has 20 heavy (non-hydrogen) atoms. The number of carbonyl (C=O) groups is 1. The highest BCUT2D eigenvalue weighted by atomic mass is 16.3. The van der Waals surface area contributed by atoms with Crippen molar-refractivity contribution in [1.29, 1.82) is 0 Å². The summed E-state index contributed by atoms with van der Waals surface area (Å²) in [4.78, 5) is 16.3. The van der Waals surface area contributed by atoms with Gasteiger partial charge < -0.3 is 14.2 Å². The standard InChI is InChI=1S/C14H16N4O2/c19-14(12-4-10-20-11-12)18-7-2-6-17(8-9-18)13-3-1-5-15-16-13/h1,3-5,10-11H,2,6-9H2. The van der Waals surface area contributed by atoms with E-state index in [1.807, 2.05) is 17.0 Å². The predicted molar refractivity (Wildman–Crippen MR) is 73.5 cm³/mol. The molecule has 3 rings (SSSR count). The van der Waals surface area contributed by atoms with Crippen LogP contribution < -0.4 is 4.90 Å². The Hall–Kier alpha value is -2.37. The van der Waals surface area contributed by atoms with Gasteiger partial charge in [-0.2, -0.15) is 5.10 Å². The van der Waals surface area contributed by atoms with Gasteiger partial charge in [0.05, 0.1) is 11.8 Å². The Morgan fingerprint density at radius 3 is 2.90 bits per heavy atom. The van der Waals surface area contributed by atoms with Crippen LogP contribution in [-0.4, -0.2) is 47.2 Å². The molecule has 0 aromatic carbocycles. The maximum atomic E-state index is 12.3. The second kappa shape index (κ2) is 5.73. The first-order valence-electron chi connectivity index (χ1n) is 6.69. The zero-order valence-corrected chi connectivity index (χ0v) is 11.1. The van der Waals surface area contributed by atoms with Crippen LogP contribution in [0.15, 0.2) is 41.3 Å². The van der Waals surface area contributed by atoms with E-state index in [2.05, 4.69) is 15.1 Å². The average molecular weight is 272 g/mol. The molecule has 1 aliphatic rings. The Morgan fingerprint density at radius 1 is 1.20 bits per heavy atom. The Labute approximate surface area is 117 Å². The van der Waals surface area contributed by atoms with Crippen molar-refractivity contribution in [1.82, 2.24) is 15.1 Å². The number of hydrogen-bond donors (Lipinski definition) is 0. The molecule has 104 valence electrons. The van der Waals surface area contributed by atoms with Crippen LogP contribution in [0.25, 0.3) is 0 Å². The fourth-order valence-electron chi connectivity index (χ4n) is 2.38. The predicted octanol–water partition coefficient (Wildman–Crippen LogP) is 1.42. The largest absolute Gasteiger partial charge is 0.472 e. The van der Waals surface area contributed by atoms with Gasteiger partial charge in [-0.15, -0.1) is 5.10 Å². The third-order valence-corrected chi connectivity index (χ3v) is 3.43. The molecule has 2 aromatic heterocycles. The average Bonchev–Trinajstić information content (AvgIpc) is 2.92. The smallest absolute Gasteiger partial charge is 0.257 e. The lowest BCUT2D eigenvalue weighted by atomic mass is 10.3. The van der Waals surface area contributed by atoms with Gasteiger partial charge in [0.25, 0.3) is 5.91 Å². The summed E-state index contributed by atoms with van der Waals surface area (Å²) < 4.78 is 4.97. The fourth-order valence-corrected chi connectivity index (χ4v) is 2.38. The van der Waals surface area contributed by atoms with Crippen LogP contribution in [0.4, 0.5) is 5.82 Å². The highest BCUT2D eigenvalue weighted by Gasteiger charge is 2.21. The highest BCUT2D eigenvalue weighted by molar-refractivity contribution is 5.93. The van der Waals surface area contributed by atoms with E-state index < -0.39 is 0 Å². The van der Waals surface area contributed by atoms with Crippen molar-refractivity contribution >= 4 is 11.7 Å². The molecule has 1 fully saturated rings. The van der Waals surface area contributed by atoms with E-state index in [4.69, 9.17) is 4.42 Å².